The molecule has 0 saturated carbocycles. The zero-order valence-corrected chi connectivity index (χ0v) is 7.84. The Morgan fingerprint density at radius 1 is 1.58 bits per heavy atom. The Morgan fingerprint density at radius 2 is 2.25 bits per heavy atom. The minimum absolute atomic E-state index is 0.0700. The van der Waals surface area contributed by atoms with Crippen LogP contribution >= 0.6 is 15.9 Å². The molecule has 4 heteroatoms. The number of alkyl halides is 1. The van der Waals surface area contributed by atoms with Crippen molar-refractivity contribution in [2.75, 3.05) is 11.1 Å². The second-order valence-corrected chi connectivity index (χ2v) is 2.89. The SMILES string of the molecule is Nc1ccc(C(=O)CBr)c(O)c1. The van der Waals surface area contributed by atoms with Crippen molar-refractivity contribution in [3.63, 3.8) is 0 Å². The van der Waals surface area contributed by atoms with Gasteiger partial charge in [-0.3, -0.25) is 4.79 Å². The number of hydrogen-bond acceptors (Lipinski definition) is 3. The number of halogens is 1. The van der Waals surface area contributed by atoms with Crippen molar-refractivity contribution >= 4 is 27.4 Å². The molecule has 1 rings (SSSR count). The first-order chi connectivity index (χ1) is 5.65. The Kier molecular flexibility index (Phi) is 2.70. The van der Waals surface area contributed by atoms with Gasteiger partial charge in [0.15, 0.2) is 5.78 Å². The van der Waals surface area contributed by atoms with Crippen LogP contribution < -0.4 is 5.73 Å². The summed E-state index contributed by atoms with van der Waals surface area (Å²) in [4.78, 5) is 11.1. The van der Waals surface area contributed by atoms with E-state index in [9.17, 15) is 9.90 Å². The van der Waals surface area contributed by atoms with Crippen molar-refractivity contribution in [1.29, 1.82) is 0 Å². The van der Waals surface area contributed by atoms with Crippen molar-refractivity contribution in [2.24, 2.45) is 0 Å². The van der Waals surface area contributed by atoms with Gasteiger partial charge in [-0.05, 0) is 12.1 Å². The van der Waals surface area contributed by atoms with E-state index in [1.165, 1.54) is 12.1 Å². The van der Waals surface area contributed by atoms with Crippen LogP contribution in [-0.2, 0) is 0 Å². The molecular formula is C8H8BrNO2. The third kappa shape index (κ3) is 1.76. The molecule has 64 valence electrons. The van der Waals surface area contributed by atoms with Gasteiger partial charge in [0.2, 0.25) is 0 Å². The third-order valence-electron chi connectivity index (χ3n) is 1.44. The number of ketones is 1. The molecule has 3 nitrogen and oxygen atoms in total. The molecule has 3 N–H and O–H groups in total. The minimum atomic E-state index is -0.160. The summed E-state index contributed by atoms with van der Waals surface area (Å²) in [5.41, 5.74) is 6.12. The minimum Gasteiger partial charge on any atom is -0.507 e. The Labute approximate surface area is 78.3 Å². The first kappa shape index (κ1) is 9.06. The summed E-state index contributed by atoms with van der Waals surface area (Å²) in [6, 6.07) is 4.44. The monoisotopic (exact) mass is 229 g/mol. The first-order valence-corrected chi connectivity index (χ1v) is 4.45. The average Bonchev–Trinajstić information content (AvgIpc) is 2.03. The number of benzene rings is 1. The van der Waals surface area contributed by atoms with Crippen molar-refractivity contribution in [2.45, 2.75) is 0 Å². The molecule has 0 radical (unpaired) electrons. The van der Waals surface area contributed by atoms with E-state index < -0.39 is 0 Å². The number of nitrogens with two attached hydrogens (primary N) is 1. The number of aromatic hydroxyl groups is 1. The second-order valence-electron chi connectivity index (χ2n) is 2.33. The second kappa shape index (κ2) is 3.58. The van der Waals surface area contributed by atoms with Crippen LogP contribution in [0, 0.1) is 0 Å². The highest BCUT2D eigenvalue weighted by molar-refractivity contribution is 9.09. The number of anilines is 1. The lowest BCUT2D eigenvalue weighted by Crippen LogP contribution is -2.00. The van der Waals surface area contributed by atoms with Crippen LogP contribution in [0.15, 0.2) is 18.2 Å². The molecular weight excluding hydrogens is 222 g/mol. The summed E-state index contributed by atoms with van der Waals surface area (Å²) >= 11 is 3.01. The Bertz CT molecular complexity index is 312. The number of carbonyl (C=O) groups excluding carboxylic acids is 1. The normalized spacial score (nSPS) is 9.75. The van der Waals surface area contributed by atoms with E-state index in [-0.39, 0.29) is 16.9 Å². The van der Waals surface area contributed by atoms with Crippen molar-refractivity contribution in [1.82, 2.24) is 0 Å². The number of Topliss-reactive ketones (excluding diaryl/α,β-unsaturated/α-hetero) is 1. The third-order valence-corrected chi connectivity index (χ3v) is 1.95. The van der Waals surface area contributed by atoms with Crippen LogP contribution in [0.25, 0.3) is 0 Å². The molecule has 0 spiro atoms. The summed E-state index contributed by atoms with van der Waals surface area (Å²) in [5, 5.41) is 9.47. The molecule has 0 atom stereocenters. The number of phenols is 1. The summed E-state index contributed by atoms with van der Waals surface area (Å²) in [6.07, 6.45) is 0. The highest BCUT2D eigenvalue weighted by Gasteiger charge is 2.08. The molecule has 0 aliphatic rings. The summed E-state index contributed by atoms with van der Waals surface area (Å²) in [7, 11) is 0. The largest absolute Gasteiger partial charge is 0.507 e. The summed E-state index contributed by atoms with van der Waals surface area (Å²) in [6.45, 7) is 0. The molecule has 0 aliphatic heterocycles. The lowest BCUT2D eigenvalue weighted by atomic mass is 10.1. The summed E-state index contributed by atoms with van der Waals surface area (Å²) < 4.78 is 0. The number of nitrogen functional groups attached to an aromatic ring is 1. The fourth-order valence-electron chi connectivity index (χ4n) is 0.856. The van der Waals surface area contributed by atoms with E-state index in [4.69, 9.17) is 5.73 Å². The zero-order valence-electron chi connectivity index (χ0n) is 6.25. The molecule has 0 aromatic heterocycles. The van der Waals surface area contributed by atoms with Gasteiger partial charge < -0.3 is 10.8 Å². The van der Waals surface area contributed by atoms with Crippen molar-refractivity contribution in [3.8, 4) is 5.75 Å². The Morgan fingerprint density at radius 3 is 2.75 bits per heavy atom. The van der Waals surface area contributed by atoms with Crippen LogP contribution in [-0.4, -0.2) is 16.2 Å². The average molecular weight is 230 g/mol. The molecule has 0 aliphatic carbocycles. The number of rotatable bonds is 2. The molecule has 0 heterocycles. The van der Waals surface area contributed by atoms with Crippen LogP contribution in [0.2, 0.25) is 0 Å². The predicted molar refractivity (Wildman–Crippen MR) is 50.6 cm³/mol. The smallest absolute Gasteiger partial charge is 0.177 e. The number of phenolic OH excluding ortho intramolecular Hbond substituents is 1. The fourth-order valence-corrected chi connectivity index (χ4v) is 1.16. The van der Waals surface area contributed by atoms with Crippen molar-refractivity contribution < 1.29 is 9.90 Å². The van der Waals surface area contributed by atoms with Crippen LogP contribution in [0.4, 0.5) is 5.69 Å². The standard InChI is InChI=1S/C8H8BrNO2/c9-4-8(12)6-2-1-5(10)3-7(6)11/h1-3,11H,4,10H2. The van der Waals surface area contributed by atoms with E-state index >= 15 is 0 Å². The highest BCUT2D eigenvalue weighted by atomic mass is 79.9. The van der Waals surface area contributed by atoms with Crippen molar-refractivity contribution in [3.05, 3.63) is 23.8 Å². The van der Waals surface area contributed by atoms with Gasteiger partial charge in [-0.1, -0.05) is 15.9 Å². The molecule has 0 saturated heterocycles. The molecule has 0 unspecified atom stereocenters. The Balaban J connectivity index is 3.09. The number of carbonyl (C=O) groups is 1. The van der Waals surface area contributed by atoms with E-state index in [0.29, 0.717) is 11.3 Å². The molecule has 0 bridgehead atoms. The molecule has 1 aromatic carbocycles. The van der Waals surface area contributed by atoms with Crippen LogP contribution in [0.3, 0.4) is 0 Å². The molecule has 0 fully saturated rings. The maximum absolute atomic E-state index is 11.1. The molecule has 1 aromatic rings. The van der Waals surface area contributed by atoms with Gasteiger partial charge in [-0.25, -0.2) is 0 Å². The van der Waals surface area contributed by atoms with E-state index in [0.717, 1.165) is 0 Å². The molecule has 12 heavy (non-hydrogen) atoms. The Hall–Kier alpha value is -1.03. The van der Waals surface area contributed by atoms with E-state index in [2.05, 4.69) is 15.9 Å². The van der Waals surface area contributed by atoms with Crippen LogP contribution in [0.1, 0.15) is 10.4 Å². The lowest BCUT2D eigenvalue weighted by Gasteiger charge is -2.01. The summed E-state index contributed by atoms with van der Waals surface area (Å²) in [5.74, 6) is -0.230. The van der Waals surface area contributed by atoms with Gasteiger partial charge in [0, 0.05) is 11.8 Å². The lowest BCUT2D eigenvalue weighted by molar-refractivity contribution is 0.102. The van der Waals surface area contributed by atoms with Gasteiger partial charge in [0.25, 0.3) is 0 Å². The van der Waals surface area contributed by atoms with Gasteiger partial charge in [-0.2, -0.15) is 0 Å². The highest BCUT2D eigenvalue weighted by Crippen LogP contribution is 2.20. The molecule has 0 amide bonds. The fraction of sp³-hybridized carbons (Fsp3) is 0.125. The van der Waals surface area contributed by atoms with Crippen LogP contribution in [0.5, 0.6) is 5.75 Å². The quantitative estimate of drug-likeness (QED) is 0.460. The maximum atomic E-state index is 11.1. The first-order valence-electron chi connectivity index (χ1n) is 3.33. The number of hydrogen-bond donors (Lipinski definition) is 2. The maximum Gasteiger partial charge on any atom is 0.177 e. The zero-order chi connectivity index (χ0) is 9.14. The van der Waals surface area contributed by atoms with Gasteiger partial charge in [0.1, 0.15) is 5.75 Å². The van der Waals surface area contributed by atoms with Gasteiger partial charge in [-0.15, -0.1) is 0 Å². The van der Waals surface area contributed by atoms with Gasteiger partial charge in [0.05, 0.1) is 10.9 Å². The predicted octanol–water partition coefficient (Wildman–Crippen LogP) is 1.55. The van der Waals surface area contributed by atoms with E-state index in [1.54, 1.807) is 6.07 Å². The van der Waals surface area contributed by atoms with E-state index in [1.807, 2.05) is 0 Å². The topological polar surface area (TPSA) is 63.3 Å². The van der Waals surface area contributed by atoms with Gasteiger partial charge >= 0.3 is 0 Å².